The highest BCUT2D eigenvalue weighted by Crippen LogP contribution is 2.23. The summed E-state index contributed by atoms with van der Waals surface area (Å²) < 4.78 is 11.2. The summed E-state index contributed by atoms with van der Waals surface area (Å²) in [5, 5.41) is 10.4. The SMILES string of the molecule is CC(C)OC(Cc1cccc(OCc2ccc(Cl)cc2Cl)c1)C(=O)O. The molecule has 0 aliphatic rings. The van der Waals surface area contributed by atoms with E-state index in [0.29, 0.717) is 22.4 Å². The van der Waals surface area contributed by atoms with Crippen molar-refractivity contribution in [2.45, 2.75) is 39.1 Å². The van der Waals surface area contributed by atoms with Gasteiger partial charge in [0.15, 0.2) is 6.10 Å². The van der Waals surface area contributed by atoms with Crippen LogP contribution in [0.1, 0.15) is 25.0 Å². The molecule has 6 heteroatoms. The molecule has 0 aromatic heterocycles. The molecule has 0 saturated carbocycles. The van der Waals surface area contributed by atoms with Gasteiger partial charge in [-0.05, 0) is 43.7 Å². The van der Waals surface area contributed by atoms with E-state index in [2.05, 4.69) is 0 Å². The van der Waals surface area contributed by atoms with E-state index >= 15 is 0 Å². The Bertz CT molecular complexity index is 731. The summed E-state index contributed by atoms with van der Waals surface area (Å²) in [4.78, 5) is 11.3. The van der Waals surface area contributed by atoms with Gasteiger partial charge in [0.05, 0.1) is 6.10 Å². The first-order valence-corrected chi connectivity index (χ1v) is 8.64. The Balaban J connectivity index is 2.04. The molecule has 0 heterocycles. The van der Waals surface area contributed by atoms with Crippen molar-refractivity contribution in [2.75, 3.05) is 0 Å². The van der Waals surface area contributed by atoms with Crippen LogP contribution in [-0.4, -0.2) is 23.3 Å². The van der Waals surface area contributed by atoms with Crippen LogP contribution < -0.4 is 4.74 Å². The smallest absolute Gasteiger partial charge is 0.333 e. The van der Waals surface area contributed by atoms with Gasteiger partial charge >= 0.3 is 5.97 Å². The maximum absolute atomic E-state index is 11.3. The molecule has 0 radical (unpaired) electrons. The highest BCUT2D eigenvalue weighted by Gasteiger charge is 2.20. The van der Waals surface area contributed by atoms with E-state index in [1.165, 1.54) is 0 Å². The predicted molar refractivity (Wildman–Crippen MR) is 98.6 cm³/mol. The Hall–Kier alpha value is -1.75. The Labute approximate surface area is 157 Å². The summed E-state index contributed by atoms with van der Waals surface area (Å²) in [6.45, 7) is 3.92. The van der Waals surface area contributed by atoms with E-state index < -0.39 is 12.1 Å². The lowest BCUT2D eigenvalue weighted by molar-refractivity contribution is -0.153. The van der Waals surface area contributed by atoms with Crippen LogP contribution >= 0.6 is 23.2 Å². The zero-order valence-electron chi connectivity index (χ0n) is 14.0. The third kappa shape index (κ3) is 6.24. The second-order valence-corrected chi connectivity index (χ2v) is 6.73. The highest BCUT2D eigenvalue weighted by molar-refractivity contribution is 6.35. The molecule has 25 heavy (non-hydrogen) atoms. The van der Waals surface area contributed by atoms with Crippen LogP contribution in [0.3, 0.4) is 0 Å². The van der Waals surface area contributed by atoms with E-state index in [9.17, 15) is 9.90 Å². The molecule has 2 aromatic carbocycles. The lowest BCUT2D eigenvalue weighted by Crippen LogP contribution is -2.29. The van der Waals surface area contributed by atoms with Crippen LogP contribution in [0.4, 0.5) is 0 Å². The van der Waals surface area contributed by atoms with Gasteiger partial charge in [-0.2, -0.15) is 0 Å². The quantitative estimate of drug-likeness (QED) is 0.698. The predicted octanol–water partition coefficient (Wildman–Crippen LogP) is 4.99. The summed E-state index contributed by atoms with van der Waals surface area (Å²) in [5.74, 6) is -0.342. The zero-order valence-corrected chi connectivity index (χ0v) is 15.6. The number of hydrogen-bond donors (Lipinski definition) is 1. The van der Waals surface area contributed by atoms with Gasteiger partial charge in [0.25, 0.3) is 0 Å². The second-order valence-electron chi connectivity index (χ2n) is 5.89. The summed E-state index contributed by atoms with van der Waals surface area (Å²) in [5.41, 5.74) is 1.65. The molecule has 0 amide bonds. The minimum absolute atomic E-state index is 0.160. The molecule has 2 aromatic rings. The van der Waals surface area contributed by atoms with Crippen molar-refractivity contribution < 1.29 is 19.4 Å². The monoisotopic (exact) mass is 382 g/mol. The summed E-state index contributed by atoms with van der Waals surface area (Å²) >= 11 is 12.0. The summed E-state index contributed by atoms with van der Waals surface area (Å²) in [6, 6.07) is 12.5. The normalized spacial score (nSPS) is 12.2. The second kappa shape index (κ2) is 9.09. The largest absolute Gasteiger partial charge is 0.489 e. The van der Waals surface area contributed by atoms with Crippen LogP contribution in [0, 0.1) is 0 Å². The van der Waals surface area contributed by atoms with E-state index in [4.69, 9.17) is 32.7 Å². The number of carboxylic acids is 1. The van der Waals surface area contributed by atoms with Gasteiger partial charge in [-0.1, -0.05) is 41.4 Å². The Kier molecular flexibility index (Phi) is 7.12. The van der Waals surface area contributed by atoms with E-state index in [1.807, 2.05) is 44.2 Å². The van der Waals surface area contributed by atoms with E-state index in [0.717, 1.165) is 11.1 Å². The Morgan fingerprint density at radius 1 is 1.16 bits per heavy atom. The topological polar surface area (TPSA) is 55.8 Å². The average Bonchev–Trinajstić information content (AvgIpc) is 2.53. The zero-order chi connectivity index (χ0) is 18.4. The summed E-state index contributed by atoms with van der Waals surface area (Å²) in [7, 11) is 0. The highest BCUT2D eigenvalue weighted by atomic mass is 35.5. The van der Waals surface area contributed by atoms with Crippen molar-refractivity contribution in [1.29, 1.82) is 0 Å². The van der Waals surface area contributed by atoms with Gasteiger partial charge in [0, 0.05) is 22.0 Å². The van der Waals surface area contributed by atoms with Gasteiger partial charge < -0.3 is 14.6 Å². The molecule has 134 valence electrons. The molecule has 0 spiro atoms. The van der Waals surface area contributed by atoms with Crippen LogP contribution in [-0.2, 0) is 22.6 Å². The van der Waals surface area contributed by atoms with Crippen molar-refractivity contribution in [1.82, 2.24) is 0 Å². The number of ether oxygens (including phenoxy) is 2. The molecule has 0 fully saturated rings. The molecule has 1 unspecified atom stereocenters. The van der Waals surface area contributed by atoms with Gasteiger partial charge in [-0.15, -0.1) is 0 Å². The molecule has 1 atom stereocenters. The minimum Gasteiger partial charge on any atom is -0.489 e. The molecule has 0 aliphatic heterocycles. The first kappa shape index (κ1) is 19.6. The number of aliphatic carboxylic acids is 1. The fourth-order valence-corrected chi connectivity index (χ4v) is 2.76. The molecule has 1 N–H and O–H groups in total. The third-order valence-corrected chi connectivity index (χ3v) is 4.03. The number of hydrogen-bond acceptors (Lipinski definition) is 3. The maximum Gasteiger partial charge on any atom is 0.333 e. The van der Waals surface area contributed by atoms with Gasteiger partial charge in [0.1, 0.15) is 12.4 Å². The lowest BCUT2D eigenvalue weighted by atomic mass is 10.1. The van der Waals surface area contributed by atoms with Crippen LogP contribution in [0.25, 0.3) is 0 Å². The Morgan fingerprint density at radius 2 is 1.92 bits per heavy atom. The van der Waals surface area contributed by atoms with Crippen molar-refractivity contribution >= 4 is 29.2 Å². The number of benzene rings is 2. The van der Waals surface area contributed by atoms with Gasteiger partial charge in [-0.3, -0.25) is 0 Å². The van der Waals surface area contributed by atoms with E-state index in [-0.39, 0.29) is 12.5 Å². The standard InChI is InChI=1S/C19H20Cl2O4/c1-12(2)25-18(19(22)23)9-13-4-3-5-16(8-13)24-11-14-6-7-15(20)10-17(14)21/h3-8,10,12,18H,9,11H2,1-2H3,(H,22,23). The van der Waals surface area contributed by atoms with Crippen LogP contribution in [0.5, 0.6) is 5.75 Å². The Morgan fingerprint density at radius 3 is 2.56 bits per heavy atom. The molecule has 0 saturated heterocycles. The van der Waals surface area contributed by atoms with Crippen molar-refractivity contribution in [3.8, 4) is 5.75 Å². The minimum atomic E-state index is -0.979. The van der Waals surface area contributed by atoms with Gasteiger partial charge in [0.2, 0.25) is 0 Å². The van der Waals surface area contributed by atoms with Crippen molar-refractivity contribution in [3.05, 3.63) is 63.6 Å². The lowest BCUT2D eigenvalue weighted by Gasteiger charge is -2.17. The number of carboxylic acid groups (broad SMARTS) is 1. The molecule has 0 bridgehead atoms. The van der Waals surface area contributed by atoms with Crippen molar-refractivity contribution in [3.63, 3.8) is 0 Å². The first-order chi connectivity index (χ1) is 11.8. The molecular weight excluding hydrogens is 363 g/mol. The fraction of sp³-hybridized carbons (Fsp3) is 0.316. The summed E-state index contributed by atoms with van der Waals surface area (Å²) in [6.07, 6.45) is -0.777. The van der Waals surface area contributed by atoms with Crippen molar-refractivity contribution in [2.24, 2.45) is 0 Å². The van der Waals surface area contributed by atoms with Crippen LogP contribution in [0.15, 0.2) is 42.5 Å². The first-order valence-electron chi connectivity index (χ1n) is 7.89. The third-order valence-electron chi connectivity index (χ3n) is 3.44. The fourth-order valence-electron chi connectivity index (χ4n) is 2.30. The molecule has 0 aliphatic carbocycles. The number of rotatable bonds is 8. The van der Waals surface area contributed by atoms with Crippen LogP contribution in [0.2, 0.25) is 10.0 Å². The number of halogens is 2. The molecule has 2 rings (SSSR count). The molecular formula is C19H20Cl2O4. The van der Waals surface area contributed by atoms with E-state index in [1.54, 1.807) is 12.1 Å². The average molecular weight is 383 g/mol. The van der Waals surface area contributed by atoms with Gasteiger partial charge in [-0.25, -0.2) is 4.79 Å². The number of carbonyl (C=O) groups is 1. The maximum atomic E-state index is 11.3. The molecule has 4 nitrogen and oxygen atoms in total.